The summed E-state index contributed by atoms with van der Waals surface area (Å²) in [6.07, 6.45) is 0. The number of nitrogen functional groups attached to an aromatic ring is 1. The SMILES string of the molecule is CNC(=O)c1c(F)ccc(N)c1C. The zero-order chi connectivity index (χ0) is 10.0. The fraction of sp³-hybridized carbons (Fsp3) is 0.222. The molecule has 0 radical (unpaired) electrons. The van der Waals surface area contributed by atoms with Gasteiger partial charge in [-0.15, -0.1) is 0 Å². The van der Waals surface area contributed by atoms with Crippen molar-refractivity contribution in [1.82, 2.24) is 5.32 Å². The predicted molar refractivity (Wildman–Crippen MR) is 48.9 cm³/mol. The first-order chi connectivity index (χ1) is 6.07. The number of nitrogens with one attached hydrogen (secondary N) is 1. The van der Waals surface area contributed by atoms with Crippen LogP contribution in [-0.2, 0) is 0 Å². The summed E-state index contributed by atoms with van der Waals surface area (Å²) in [5.74, 6) is -1.01. The lowest BCUT2D eigenvalue weighted by Crippen LogP contribution is -2.21. The van der Waals surface area contributed by atoms with Crippen LogP contribution in [0.4, 0.5) is 10.1 Å². The number of hydrogen-bond acceptors (Lipinski definition) is 2. The summed E-state index contributed by atoms with van der Waals surface area (Å²) in [7, 11) is 1.45. The molecule has 0 aliphatic carbocycles. The van der Waals surface area contributed by atoms with Crippen LogP contribution in [0.1, 0.15) is 15.9 Å². The first kappa shape index (κ1) is 9.51. The molecule has 0 aromatic heterocycles. The molecule has 0 bridgehead atoms. The highest BCUT2D eigenvalue weighted by Gasteiger charge is 2.14. The van der Waals surface area contributed by atoms with E-state index in [4.69, 9.17) is 5.73 Å². The molecule has 0 heterocycles. The van der Waals surface area contributed by atoms with Crippen LogP contribution in [0.25, 0.3) is 0 Å². The molecule has 1 amide bonds. The van der Waals surface area contributed by atoms with Gasteiger partial charge in [0, 0.05) is 12.7 Å². The number of carbonyl (C=O) groups excluding carboxylic acids is 1. The van der Waals surface area contributed by atoms with E-state index in [0.717, 1.165) is 0 Å². The number of rotatable bonds is 1. The topological polar surface area (TPSA) is 55.1 Å². The smallest absolute Gasteiger partial charge is 0.254 e. The van der Waals surface area contributed by atoms with Crippen molar-refractivity contribution in [2.24, 2.45) is 0 Å². The highest BCUT2D eigenvalue weighted by Crippen LogP contribution is 2.18. The van der Waals surface area contributed by atoms with Gasteiger partial charge in [-0.1, -0.05) is 0 Å². The van der Waals surface area contributed by atoms with Gasteiger partial charge < -0.3 is 11.1 Å². The minimum atomic E-state index is -0.550. The van der Waals surface area contributed by atoms with Crippen LogP contribution in [-0.4, -0.2) is 13.0 Å². The molecule has 3 nitrogen and oxygen atoms in total. The molecule has 3 N–H and O–H groups in total. The summed E-state index contributed by atoms with van der Waals surface area (Å²) < 4.78 is 13.2. The highest BCUT2D eigenvalue weighted by atomic mass is 19.1. The Labute approximate surface area is 75.7 Å². The molecule has 1 aromatic rings. The summed E-state index contributed by atoms with van der Waals surface area (Å²) in [5, 5.41) is 2.36. The zero-order valence-electron chi connectivity index (χ0n) is 7.52. The molecule has 0 saturated heterocycles. The number of carbonyl (C=O) groups is 1. The fourth-order valence-electron chi connectivity index (χ4n) is 1.10. The van der Waals surface area contributed by atoms with Crippen molar-refractivity contribution in [2.45, 2.75) is 6.92 Å². The standard InChI is InChI=1S/C9H11FN2O/c1-5-7(11)4-3-6(10)8(5)9(13)12-2/h3-4H,11H2,1-2H3,(H,12,13). The number of anilines is 1. The second-order valence-electron chi connectivity index (χ2n) is 2.72. The number of halogens is 1. The van der Waals surface area contributed by atoms with E-state index in [9.17, 15) is 9.18 Å². The van der Waals surface area contributed by atoms with Crippen LogP contribution in [0.3, 0.4) is 0 Å². The molecule has 13 heavy (non-hydrogen) atoms. The number of amides is 1. The van der Waals surface area contributed by atoms with Gasteiger partial charge in [0.2, 0.25) is 0 Å². The van der Waals surface area contributed by atoms with E-state index < -0.39 is 11.7 Å². The minimum absolute atomic E-state index is 0.0162. The summed E-state index contributed by atoms with van der Waals surface area (Å²) in [4.78, 5) is 11.2. The van der Waals surface area contributed by atoms with Crippen molar-refractivity contribution < 1.29 is 9.18 Å². The second-order valence-corrected chi connectivity index (χ2v) is 2.72. The third kappa shape index (κ3) is 1.61. The molecule has 0 aliphatic heterocycles. The first-order valence-corrected chi connectivity index (χ1v) is 3.84. The normalized spacial score (nSPS) is 9.77. The van der Waals surface area contributed by atoms with Crippen LogP contribution in [0.5, 0.6) is 0 Å². The molecule has 0 spiro atoms. The van der Waals surface area contributed by atoms with Crippen LogP contribution in [0.2, 0.25) is 0 Å². The molecule has 0 fully saturated rings. The summed E-state index contributed by atoms with van der Waals surface area (Å²) in [6, 6.07) is 2.63. The Morgan fingerprint density at radius 3 is 2.69 bits per heavy atom. The molecular formula is C9H11FN2O. The van der Waals surface area contributed by atoms with Crippen molar-refractivity contribution in [3.05, 3.63) is 29.1 Å². The summed E-state index contributed by atoms with van der Waals surface area (Å²) in [5.41, 5.74) is 6.44. The van der Waals surface area contributed by atoms with Crippen LogP contribution in [0, 0.1) is 12.7 Å². The number of nitrogens with two attached hydrogens (primary N) is 1. The lowest BCUT2D eigenvalue weighted by Gasteiger charge is -2.07. The number of benzene rings is 1. The van der Waals surface area contributed by atoms with Gasteiger partial charge in [-0.05, 0) is 24.6 Å². The molecule has 1 rings (SSSR count). The molecule has 0 aliphatic rings. The van der Waals surface area contributed by atoms with E-state index in [0.29, 0.717) is 11.3 Å². The Morgan fingerprint density at radius 2 is 2.15 bits per heavy atom. The van der Waals surface area contributed by atoms with Crippen LogP contribution < -0.4 is 11.1 Å². The molecular weight excluding hydrogens is 171 g/mol. The third-order valence-corrected chi connectivity index (χ3v) is 1.91. The molecule has 0 saturated carbocycles. The van der Waals surface area contributed by atoms with E-state index in [2.05, 4.69) is 5.32 Å². The predicted octanol–water partition coefficient (Wildman–Crippen LogP) is 1.08. The second kappa shape index (κ2) is 3.43. The van der Waals surface area contributed by atoms with Gasteiger partial charge in [-0.25, -0.2) is 4.39 Å². The molecule has 0 unspecified atom stereocenters. The van der Waals surface area contributed by atoms with E-state index in [1.54, 1.807) is 6.92 Å². The lowest BCUT2D eigenvalue weighted by atomic mass is 10.1. The average Bonchev–Trinajstić information content (AvgIpc) is 2.12. The molecule has 4 heteroatoms. The van der Waals surface area contributed by atoms with Crippen molar-refractivity contribution in [1.29, 1.82) is 0 Å². The minimum Gasteiger partial charge on any atom is -0.398 e. The molecule has 0 atom stereocenters. The Kier molecular flexibility index (Phi) is 2.51. The lowest BCUT2D eigenvalue weighted by molar-refractivity contribution is 0.0958. The Morgan fingerprint density at radius 1 is 1.54 bits per heavy atom. The Balaban J connectivity index is 3.33. The van der Waals surface area contributed by atoms with Crippen molar-refractivity contribution >= 4 is 11.6 Å². The number of hydrogen-bond donors (Lipinski definition) is 2. The van der Waals surface area contributed by atoms with E-state index >= 15 is 0 Å². The van der Waals surface area contributed by atoms with Gasteiger partial charge in [0.15, 0.2) is 0 Å². The fourth-order valence-corrected chi connectivity index (χ4v) is 1.10. The molecule has 70 valence electrons. The van der Waals surface area contributed by atoms with Crippen LogP contribution in [0.15, 0.2) is 12.1 Å². The van der Waals surface area contributed by atoms with Crippen molar-refractivity contribution in [2.75, 3.05) is 12.8 Å². The van der Waals surface area contributed by atoms with Gasteiger partial charge in [-0.2, -0.15) is 0 Å². The maximum absolute atomic E-state index is 13.2. The first-order valence-electron chi connectivity index (χ1n) is 3.84. The monoisotopic (exact) mass is 182 g/mol. The summed E-state index contributed by atoms with van der Waals surface area (Å²) in [6.45, 7) is 1.61. The largest absolute Gasteiger partial charge is 0.398 e. The van der Waals surface area contributed by atoms with E-state index in [1.807, 2.05) is 0 Å². The van der Waals surface area contributed by atoms with Gasteiger partial charge >= 0.3 is 0 Å². The third-order valence-electron chi connectivity index (χ3n) is 1.91. The molecule has 1 aromatic carbocycles. The highest BCUT2D eigenvalue weighted by molar-refractivity contribution is 5.96. The van der Waals surface area contributed by atoms with E-state index in [-0.39, 0.29) is 5.56 Å². The van der Waals surface area contributed by atoms with Gasteiger partial charge in [0.05, 0.1) is 5.56 Å². The van der Waals surface area contributed by atoms with Crippen molar-refractivity contribution in [3.8, 4) is 0 Å². The van der Waals surface area contributed by atoms with Crippen LogP contribution >= 0.6 is 0 Å². The van der Waals surface area contributed by atoms with Gasteiger partial charge in [0.25, 0.3) is 5.91 Å². The average molecular weight is 182 g/mol. The van der Waals surface area contributed by atoms with Gasteiger partial charge in [0.1, 0.15) is 5.82 Å². The maximum Gasteiger partial charge on any atom is 0.254 e. The van der Waals surface area contributed by atoms with Gasteiger partial charge in [-0.3, -0.25) is 4.79 Å². The van der Waals surface area contributed by atoms with Crippen molar-refractivity contribution in [3.63, 3.8) is 0 Å². The summed E-state index contributed by atoms with van der Waals surface area (Å²) >= 11 is 0. The maximum atomic E-state index is 13.2. The Bertz CT molecular complexity index is 350. The zero-order valence-corrected chi connectivity index (χ0v) is 7.52. The Hall–Kier alpha value is -1.58. The quantitative estimate of drug-likeness (QED) is 0.638. The van der Waals surface area contributed by atoms with E-state index in [1.165, 1.54) is 19.2 Å².